The fourth-order valence-corrected chi connectivity index (χ4v) is 9.32. The maximum Gasteiger partial charge on any atom is 0.308 e. The van der Waals surface area contributed by atoms with Crippen LogP contribution in [-0.2, 0) is 52.2 Å². The summed E-state index contributed by atoms with van der Waals surface area (Å²) < 4.78 is 60.2. The number of carbonyl (C=O) groups is 1. The molecule has 0 spiro atoms. The fraction of sp³-hybridized carbons (Fsp3) is 0.951. The Bertz CT molecular complexity index is 1330. The number of aliphatic hydroxyl groups is 4. The number of ether oxygens (including phenoxy) is 10. The third-order valence-electron chi connectivity index (χ3n) is 13.2. The van der Waals surface area contributed by atoms with Crippen LogP contribution in [0.4, 0.5) is 0 Å². The molecule has 5 N–H and O–H groups in total. The number of nitrogens with zero attached hydrogens (tertiary/aromatic N) is 2. The molecule has 18 nitrogen and oxygen atoms in total. The van der Waals surface area contributed by atoms with Gasteiger partial charge in [-0.2, -0.15) is 0 Å². The lowest BCUT2D eigenvalue weighted by Gasteiger charge is -2.47. The monoisotopic (exact) mass is 851 g/mol. The highest BCUT2D eigenvalue weighted by molar-refractivity contribution is 5.86. The van der Waals surface area contributed by atoms with Gasteiger partial charge >= 0.3 is 5.97 Å². The van der Waals surface area contributed by atoms with Gasteiger partial charge in [-0.05, 0) is 72.4 Å². The predicted octanol–water partition coefficient (Wildman–Crippen LogP) is 1.68. The van der Waals surface area contributed by atoms with Crippen molar-refractivity contribution in [2.75, 3.05) is 49.1 Å². The molecule has 4 aliphatic rings. The number of oxime groups is 1. The lowest BCUT2D eigenvalue weighted by Crippen LogP contribution is -2.63. The minimum atomic E-state index is -1.28. The van der Waals surface area contributed by atoms with Crippen LogP contribution in [-0.4, -0.2) is 189 Å². The normalized spacial score (nSPS) is 45.1. The van der Waals surface area contributed by atoms with Crippen molar-refractivity contribution in [2.24, 2.45) is 28.8 Å². The summed E-state index contributed by atoms with van der Waals surface area (Å²) in [6.07, 6.45) is -10.6. The Labute approximate surface area is 349 Å². The van der Waals surface area contributed by atoms with Crippen LogP contribution in [0.3, 0.4) is 0 Å². The summed E-state index contributed by atoms with van der Waals surface area (Å²) >= 11 is 0. The SMILES string of the molecule is CC[C@H]1OC(=O)C[C@@H](O)[C@H](C)[C@@H](O[C@@H]2O[C@H](C)[C@@H](O)[C@H](N(C)C)[C@H]2O)[C@@H](CC(OC)OC)C[C@@H](C)/C(=N/O)CC[C@@]2(C)O[C@@H]2[C@@H]1CO[C@@H]1O[C@H](C)[C@@H](O)[C@@H](OC)[C@H]1OC. The lowest BCUT2D eigenvalue weighted by atomic mass is 9.78. The Hall–Kier alpha value is -1.62. The molecule has 19 atom stereocenters. The first-order valence-corrected chi connectivity index (χ1v) is 21.1. The van der Waals surface area contributed by atoms with E-state index in [4.69, 9.17) is 47.4 Å². The molecule has 4 saturated heterocycles. The first-order valence-electron chi connectivity index (χ1n) is 21.1. The van der Waals surface area contributed by atoms with Crippen molar-refractivity contribution in [3.8, 4) is 0 Å². The summed E-state index contributed by atoms with van der Waals surface area (Å²) in [4.78, 5) is 15.6. The van der Waals surface area contributed by atoms with Gasteiger partial charge in [0.2, 0.25) is 0 Å². The van der Waals surface area contributed by atoms with Gasteiger partial charge in [0, 0.05) is 46.7 Å². The van der Waals surface area contributed by atoms with E-state index in [-0.39, 0.29) is 25.4 Å². The standard InChI is InChI=1S/C41H74N2O16/c1-13-28-25(19-54-40-37(53-12)36(52-11)33(47)23(5)56-40)38-41(6,59-38)15-14-26(42-49)20(2)16-24(17-30(50-9)51-10)35(21(3)27(44)18-29(45)57-28)58-39-34(48)31(43(7)8)32(46)22(4)55-39/h20-25,27-28,30-40,44,46-49H,13-19H2,1-12H3/b42-26+/t20-,21+,22-,23-,24-,25-,27-,28-,31+,32-,33-,34-,35-,36-,37-,38-,39+,40-,41-/m1/s1. The van der Waals surface area contributed by atoms with Crippen LogP contribution >= 0.6 is 0 Å². The van der Waals surface area contributed by atoms with Crippen molar-refractivity contribution in [3.63, 3.8) is 0 Å². The maximum atomic E-state index is 13.9. The minimum absolute atomic E-state index is 0.0364. The molecule has 0 aromatic heterocycles. The second-order valence-corrected chi connectivity index (χ2v) is 17.4. The first kappa shape index (κ1) is 50.0. The highest BCUT2D eigenvalue weighted by Crippen LogP contribution is 2.48. The van der Waals surface area contributed by atoms with Gasteiger partial charge in [-0.15, -0.1) is 0 Å². The highest BCUT2D eigenvalue weighted by atomic mass is 16.7. The van der Waals surface area contributed by atoms with Crippen molar-refractivity contribution < 1.29 is 77.8 Å². The lowest BCUT2D eigenvalue weighted by molar-refractivity contribution is -0.306. The summed E-state index contributed by atoms with van der Waals surface area (Å²) in [7, 11) is 9.50. The topological polar surface area (TPSA) is 229 Å². The number of hydrogen-bond donors (Lipinski definition) is 5. The van der Waals surface area contributed by atoms with Crippen LogP contribution in [0.25, 0.3) is 0 Å². The van der Waals surface area contributed by atoms with Crippen molar-refractivity contribution >= 4 is 11.7 Å². The van der Waals surface area contributed by atoms with Crippen molar-refractivity contribution in [2.45, 2.75) is 178 Å². The first-order chi connectivity index (χ1) is 27.9. The highest BCUT2D eigenvalue weighted by Gasteiger charge is 2.59. The van der Waals surface area contributed by atoms with E-state index in [1.54, 1.807) is 39.8 Å². The molecule has 0 bridgehead atoms. The van der Waals surface area contributed by atoms with Gasteiger partial charge in [0.15, 0.2) is 18.9 Å². The Balaban J connectivity index is 1.69. The Morgan fingerprint density at radius 1 is 0.898 bits per heavy atom. The fourth-order valence-electron chi connectivity index (χ4n) is 9.32. The number of likely N-dealkylation sites (N-methyl/N-ethyl adjacent to an activating group) is 1. The third-order valence-corrected chi connectivity index (χ3v) is 13.2. The molecule has 0 aromatic rings. The Morgan fingerprint density at radius 2 is 1.53 bits per heavy atom. The Morgan fingerprint density at radius 3 is 2.10 bits per heavy atom. The number of fused-ring (bicyclic) bond motifs is 1. The molecule has 0 aliphatic carbocycles. The number of methoxy groups -OCH3 is 4. The summed E-state index contributed by atoms with van der Waals surface area (Å²) in [5, 5.41) is 59.2. The minimum Gasteiger partial charge on any atom is -0.462 e. The summed E-state index contributed by atoms with van der Waals surface area (Å²) in [6.45, 7) is 11.0. The van der Waals surface area contributed by atoms with Crippen LogP contribution < -0.4 is 0 Å². The van der Waals surface area contributed by atoms with Crippen molar-refractivity contribution in [3.05, 3.63) is 0 Å². The zero-order valence-corrected chi connectivity index (χ0v) is 37.0. The zero-order valence-electron chi connectivity index (χ0n) is 37.0. The number of cyclic esters (lactones) is 1. The molecule has 0 saturated carbocycles. The molecular formula is C41H74N2O16. The van der Waals surface area contributed by atoms with E-state index in [9.17, 15) is 30.4 Å². The van der Waals surface area contributed by atoms with Gasteiger partial charge in [0.25, 0.3) is 0 Å². The van der Waals surface area contributed by atoms with Crippen LogP contribution in [0.2, 0.25) is 0 Å². The zero-order chi connectivity index (χ0) is 43.9. The van der Waals surface area contributed by atoms with Gasteiger partial charge in [-0.3, -0.25) is 4.79 Å². The second-order valence-electron chi connectivity index (χ2n) is 17.4. The smallest absolute Gasteiger partial charge is 0.308 e. The van der Waals surface area contributed by atoms with Crippen molar-refractivity contribution in [1.82, 2.24) is 4.90 Å². The van der Waals surface area contributed by atoms with Gasteiger partial charge in [-0.1, -0.05) is 25.9 Å². The van der Waals surface area contributed by atoms with E-state index in [1.165, 1.54) is 28.4 Å². The van der Waals surface area contributed by atoms with Crippen LogP contribution in [0, 0.1) is 23.7 Å². The number of epoxide rings is 1. The number of carbonyl (C=O) groups excluding carboxylic acids is 1. The van der Waals surface area contributed by atoms with Crippen molar-refractivity contribution in [1.29, 1.82) is 0 Å². The quantitative estimate of drug-likeness (QED) is 0.0584. The van der Waals surface area contributed by atoms with Crippen LogP contribution in [0.15, 0.2) is 5.16 Å². The van der Waals surface area contributed by atoms with Gasteiger partial charge in [0.05, 0.1) is 67.0 Å². The summed E-state index contributed by atoms with van der Waals surface area (Å²) in [5.41, 5.74) is -0.167. The molecule has 344 valence electrons. The number of aliphatic hydroxyl groups excluding tert-OH is 4. The molecule has 18 heteroatoms. The molecule has 4 heterocycles. The molecule has 0 aromatic carbocycles. The third kappa shape index (κ3) is 11.9. The van der Waals surface area contributed by atoms with Crippen LogP contribution in [0.5, 0.6) is 0 Å². The maximum absolute atomic E-state index is 13.9. The number of rotatable bonds is 13. The second kappa shape index (κ2) is 22.1. The van der Waals surface area contributed by atoms with Crippen LogP contribution in [0.1, 0.15) is 80.1 Å². The van der Waals surface area contributed by atoms with E-state index in [0.717, 1.165) is 0 Å². The van der Waals surface area contributed by atoms with Gasteiger partial charge < -0.3 is 77.9 Å². The van der Waals surface area contributed by atoms with E-state index < -0.39 is 121 Å². The van der Waals surface area contributed by atoms with E-state index in [1.807, 2.05) is 20.8 Å². The Kier molecular flexibility index (Phi) is 18.8. The molecule has 0 unspecified atom stereocenters. The molecule has 0 amide bonds. The largest absolute Gasteiger partial charge is 0.462 e. The summed E-state index contributed by atoms with van der Waals surface area (Å²) in [6, 6.07) is -0.722. The van der Waals surface area contributed by atoms with E-state index in [2.05, 4.69) is 5.16 Å². The molecule has 4 fully saturated rings. The van der Waals surface area contributed by atoms with E-state index in [0.29, 0.717) is 31.4 Å². The average Bonchev–Trinajstić information content (AvgIpc) is 3.87. The molecular weight excluding hydrogens is 776 g/mol. The number of esters is 1. The predicted molar refractivity (Wildman–Crippen MR) is 211 cm³/mol. The van der Waals surface area contributed by atoms with Gasteiger partial charge in [-0.25, -0.2) is 0 Å². The molecule has 4 aliphatic heterocycles. The number of hydrogen-bond acceptors (Lipinski definition) is 18. The van der Waals surface area contributed by atoms with Gasteiger partial charge in [0.1, 0.15) is 30.5 Å². The molecule has 4 rings (SSSR count). The van der Waals surface area contributed by atoms with E-state index >= 15 is 0 Å². The molecule has 0 radical (unpaired) electrons. The summed E-state index contributed by atoms with van der Waals surface area (Å²) in [5.74, 6) is -2.65. The molecule has 59 heavy (non-hydrogen) atoms. The average molecular weight is 851 g/mol.